The second-order valence-electron chi connectivity index (χ2n) is 5.39. The van der Waals surface area contributed by atoms with E-state index in [1.165, 1.54) is 42.4 Å². The van der Waals surface area contributed by atoms with Crippen molar-refractivity contribution in [2.24, 2.45) is 0 Å². The first-order valence-corrected chi connectivity index (χ1v) is 7.16. The van der Waals surface area contributed by atoms with Gasteiger partial charge in [-0.25, -0.2) is 0 Å². The average molecular weight is 252 g/mol. The van der Waals surface area contributed by atoms with Crippen molar-refractivity contribution < 1.29 is 4.74 Å². The Morgan fingerprint density at radius 3 is 2.42 bits per heavy atom. The van der Waals surface area contributed by atoms with Crippen LogP contribution in [-0.4, -0.2) is 6.10 Å². The highest BCUT2D eigenvalue weighted by Gasteiger charge is 2.18. The molecule has 1 saturated carbocycles. The maximum Gasteiger partial charge on any atom is 0.127 e. The van der Waals surface area contributed by atoms with Gasteiger partial charge in [0.25, 0.3) is 0 Å². The fourth-order valence-electron chi connectivity index (χ4n) is 2.78. The van der Waals surface area contributed by atoms with Crippen molar-refractivity contribution in [3.63, 3.8) is 0 Å². The van der Waals surface area contributed by atoms with Crippen LogP contribution in [0.5, 0.6) is 5.75 Å². The summed E-state index contributed by atoms with van der Waals surface area (Å²) in [5.74, 6) is 1.03. The Balaban J connectivity index is 1.94. The van der Waals surface area contributed by atoms with E-state index >= 15 is 0 Å². The molecule has 1 fully saturated rings. The average Bonchev–Trinajstić information content (AvgIpc) is 2.95. The zero-order chi connectivity index (χ0) is 13.1. The van der Waals surface area contributed by atoms with E-state index in [2.05, 4.69) is 55.5 Å². The van der Waals surface area contributed by atoms with Crippen LogP contribution in [0, 0.1) is 6.92 Å². The molecular weight excluding hydrogens is 232 g/mol. The molecule has 2 aromatic rings. The van der Waals surface area contributed by atoms with Gasteiger partial charge in [0.15, 0.2) is 0 Å². The molecule has 0 saturated heterocycles. The summed E-state index contributed by atoms with van der Waals surface area (Å²) in [7, 11) is 0. The fraction of sp³-hybridized carbons (Fsp3) is 0.333. The van der Waals surface area contributed by atoms with Crippen molar-refractivity contribution in [1.29, 1.82) is 0 Å². The fourth-order valence-corrected chi connectivity index (χ4v) is 2.78. The lowest BCUT2D eigenvalue weighted by Crippen LogP contribution is -2.11. The van der Waals surface area contributed by atoms with Crippen molar-refractivity contribution >= 4 is 0 Å². The molecule has 0 bridgehead atoms. The number of aryl methyl sites for hydroxylation is 1. The van der Waals surface area contributed by atoms with Gasteiger partial charge in [-0.3, -0.25) is 0 Å². The van der Waals surface area contributed by atoms with E-state index in [-0.39, 0.29) is 0 Å². The molecule has 0 unspecified atom stereocenters. The highest BCUT2D eigenvalue weighted by atomic mass is 16.5. The largest absolute Gasteiger partial charge is 0.490 e. The minimum atomic E-state index is 0.408. The van der Waals surface area contributed by atoms with Crippen LogP contribution in [0.1, 0.15) is 31.2 Å². The van der Waals surface area contributed by atoms with Crippen molar-refractivity contribution in [1.82, 2.24) is 0 Å². The van der Waals surface area contributed by atoms with Crippen LogP contribution in [0.2, 0.25) is 0 Å². The van der Waals surface area contributed by atoms with Crippen LogP contribution >= 0.6 is 0 Å². The highest BCUT2D eigenvalue weighted by molar-refractivity contribution is 5.71. The summed E-state index contributed by atoms with van der Waals surface area (Å²) in [5.41, 5.74) is 3.73. The molecule has 1 nitrogen and oxygen atoms in total. The van der Waals surface area contributed by atoms with E-state index in [1.54, 1.807) is 0 Å². The summed E-state index contributed by atoms with van der Waals surface area (Å²) >= 11 is 0. The van der Waals surface area contributed by atoms with E-state index < -0.39 is 0 Å². The van der Waals surface area contributed by atoms with Crippen LogP contribution in [0.25, 0.3) is 11.1 Å². The molecule has 2 aromatic carbocycles. The molecule has 0 heterocycles. The summed E-state index contributed by atoms with van der Waals surface area (Å²) in [6.45, 7) is 2.13. The first-order chi connectivity index (χ1) is 9.33. The second-order valence-corrected chi connectivity index (χ2v) is 5.39. The minimum absolute atomic E-state index is 0.408. The van der Waals surface area contributed by atoms with Gasteiger partial charge in [-0.2, -0.15) is 0 Å². The first-order valence-electron chi connectivity index (χ1n) is 7.16. The Morgan fingerprint density at radius 1 is 0.947 bits per heavy atom. The number of hydrogen-bond donors (Lipinski definition) is 0. The standard InChI is InChI=1S/C18H20O/c1-14-11-12-18(19-16-9-5-6-10-16)17(13-14)15-7-3-2-4-8-15/h2-4,7-8,11-13,16H,5-6,9-10H2,1H3. The van der Waals surface area contributed by atoms with Crippen LogP contribution in [0.3, 0.4) is 0 Å². The monoisotopic (exact) mass is 252 g/mol. The maximum absolute atomic E-state index is 6.22. The van der Waals surface area contributed by atoms with Crippen molar-refractivity contribution in [3.05, 3.63) is 54.1 Å². The zero-order valence-electron chi connectivity index (χ0n) is 11.4. The van der Waals surface area contributed by atoms with E-state index in [9.17, 15) is 0 Å². The van der Waals surface area contributed by atoms with Crippen LogP contribution in [0.4, 0.5) is 0 Å². The molecule has 1 aliphatic rings. The van der Waals surface area contributed by atoms with Crippen LogP contribution in [0.15, 0.2) is 48.5 Å². The predicted molar refractivity (Wildman–Crippen MR) is 79.5 cm³/mol. The smallest absolute Gasteiger partial charge is 0.127 e. The van der Waals surface area contributed by atoms with Gasteiger partial charge in [-0.05, 0) is 50.3 Å². The van der Waals surface area contributed by atoms with Gasteiger partial charge >= 0.3 is 0 Å². The topological polar surface area (TPSA) is 9.23 Å². The Morgan fingerprint density at radius 2 is 1.68 bits per heavy atom. The van der Waals surface area contributed by atoms with Crippen molar-refractivity contribution in [3.8, 4) is 16.9 Å². The summed E-state index contributed by atoms with van der Waals surface area (Å²) in [6.07, 6.45) is 5.41. The molecular formula is C18H20O. The molecule has 1 heteroatoms. The lowest BCUT2D eigenvalue weighted by atomic mass is 10.0. The van der Waals surface area contributed by atoms with Gasteiger partial charge in [0.1, 0.15) is 5.75 Å². The Bertz CT molecular complexity index is 539. The van der Waals surface area contributed by atoms with Gasteiger partial charge in [0.2, 0.25) is 0 Å². The molecule has 0 aromatic heterocycles. The quantitative estimate of drug-likeness (QED) is 0.748. The van der Waals surface area contributed by atoms with Crippen LogP contribution in [-0.2, 0) is 0 Å². The number of benzene rings is 2. The first kappa shape index (κ1) is 12.3. The lowest BCUT2D eigenvalue weighted by molar-refractivity contribution is 0.211. The third-order valence-corrected chi connectivity index (χ3v) is 3.82. The molecule has 19 heavy (non-hydrogen) atoms. The van der Waals surface area contributed by atoms with Crippen LogP contribution < -0.4 is 4.74 Å². The van der Waals surface area contributed by atoms with Gasteiger partial charge in [-0.15, -0.1) is 0 Å². The third kappa shape index (κ3) is 2.81. The SMILES string of the molecule is Cc1ccc(OC2CCCC2)c(-c2ccccc2)c1. The zero-order valence-corrected chi connectivity index (χ0v) is 11.4. The van der Waals surface area contributed by atoms with Crippen molar-refractivity contribution in [2.45, 2.75) is 38.7 Å². The summed E-state index contributed by atoms with van der Waals surface area (Å²) in [6, 6.07) is 17.0. The molecule has 0 N–H and O–H groups in total. The molecule has 0 atom stereocenters. The molecule has 0 radical (unpaired) electrons. The third-order valence-electron chi connectivity index (χ3n) is 3.82. The number of hydrogen-bond acceptors (Lipinski definition) is 1. The summed E-state index contributed by atoms with van der Waals surface area (Å²) < 4.78 is 6.22. The van der Waals surface area contributed by atoms with Crippen molar-refractivity contribution in [2.75, 3.05) is 0 Å². The molecule has 1 aliphatic carbocycles. The maximum atomic E-state index is 6.22. The predicted octanol–water partition coefficient (Wildman–Crippen LogP) is 4.98. The minimum Gasteiger partial charge on any atom is -0.490 e. The molecule has 0 spiro atoms. The van der Waals surface area contributed by atoms with Gasteiger partial charge in [-0.1, -0.05) is 42.0 Å². The number of ether oxygens (including phenoxy) is 1. The molecule has 0 aliphatic heterocycles. The Kier molecular flexibility index (Phi) is 3.54. The van der Waals surface area contributed by atoms with Gasteiger partial charge in [0.05, 0.1) is 6.10 Å². The molecule has 0 amide bonds. The summed E-state index contributed by atoms with van der Waals surface area (Å²) in [4.78, 5) is 0. The van der Waals surface area contributed by atoms with Gasteiger partial charge in [0, 0.05) is 5.56 Å². The van der Waals surface area contributed by atoms with E-state index in [0.29, 0.717) is 6.10 Å². The lowest BCUT2D eigenvalue weighted by Gasteiger charge is -2.17. The Labute approximate surface area is 115 Å². The summed E-state index contributed by atoms with van der Waals surface area (Å²) in [5, 5.41) is 0. The van der Waals surface area contributed by atoms with E-state index in [0.717, 1.165) is 5.75 Å². The van der Waals surface area contributed by atoms with Gasteiger partial charge < -0.3 is 4.74 Å². The normalized spacial score (nSPS) is 15.6. The van der Waals surface area contributed by atoms with E-state index in [1.807, 2.05) is 0 Å². The molecule has 3 rings (SSSR count). The highest BCUT2D eigenvalue weighted by Crippen LogP contribution is 2.33. The molecule has 98 valence electrons. The van der Waals surface area contributed by atoms with E-state index in [4.69, 9.17) is 4.74 Å². The Hall–Kier alpha value is -1.76. The number of rotatable bonds is 3. The second kappa shape index (κ2) is 5.48.